The van der Waals surface area contributed by atoms with Crippen LogP contribution in [0.5, 0.6) is 11.9 Å². The van der Waals surface area contributed by atoms with Crippen molar-refractivity contribution in [1.82, 2.24) is 29.7 Å². The fourth-order valence-electron chi connectivity index (χ4n) is 2.07. The number of methoxy groups -OCH3 is 2. The van der Waals surface area contributed by atoms with E-state index in [1.807, 2.05) is 0 Å². The Morgan fingerprint density at radius 2 is 2.04 bits per heavy atom. The summed E-state index contributed by atoms with van der Waals surface area (Å²) in [6.07, 6.45) is 4.74. The van der Waals surface area contributed by atoms with E-state index in [9.17, 15) is 4.79 Å². The SMILES string of the molecule is COc1ncc(NC(=O)c2cc(-n3cccn3)nc(C)n2)c(OC)n1. The van der Waals surface area contributed by atoms with Gasteiger partial charge in [0.2, 0.25) is 5.88 Å². The van der Waals surface area contributed by atoms with Crippen molar-refractivity contribution in [3.05, 3.63) is 42.2 Å². The highest BCUT2D eigenvalue weighted by molar-refractivity contribution is 6.03. The van der Waals surface area contributed by atoms with E-state index in [0.29, 0.717) is 17.3 Å². The molecule has 0 saturated carbocycles. The Balaban J connectivity index is 1.89. The molecule has 10 heteroatoms. The molecule has 0 saturated heterocycles. The van der Waals surface area contributed by atoms with Gasteiger partial charge >= 0.3 is 6.01 Å². The highest BCUT2D eigenvalue weighted by Gasteiger charge is 2.16. The van der Waals surface area contributed by atoms with E-state index in [2.05, 4.69) is 30.4 Å². The van der Waals surface area contributed by atoms with Crippen LogP contribution in [0.4, 0.5) is 5.69 Å². The first-order valence-electron chi connectivity index (χ1n) is 7.23. The molecular formula is C15H15N7O3. The van der Waals surface area contributed by atoms with Crippen LogP contribution in [0.25, 0.3) is 5.82 Å². The van der Waals surface area contributed by atoms with Crippen molar-refractivity contribution in [2.45, 2.75) is 6.92 Å². The van der Waals surface area contributed by atoms with Crippen molar-refractivity contribution in [1.29, 1.82) is 0 Å². The molecule has 0 aliphatic rings. The van der Waals surface area contributed by atoms with E-state index < -0.39 is 5.91 Å². The molecule has 25 heavy (non-hydrogen) atoms. The largest absolute Gasteiger partial charge is 0.479 e. The summed E-state index contributed by atoms with van der Waals surface area (Å²) in [6.45, 7) is 1.70. The molecule has 3 heterocycles. The van der Waals surface area contributed by atoms with E-state index in [0.717, 1.165) is 0 Å². The van der Waals surface area contributed by atoms with Crippen molar-refractivity contribution in [2.75, 3.05) is 19.5 Å². The van der Waals surface area contributed by atoms with E-state index in [-0.39, 0.29) is 17.6 Å². The zero-order valence-corrected chi connectivity index (χ0v) is 13.8. The Bertz CT molecular complexity index is 896. The van der Waals surface area contributed by atoms with Gasteiger partial charge < -0.3 is 14.8 Å². The van der Waals surface area contributed by atoms with E-state index in [1.165, 1.54) is 26.5 Å². The summed E-state index contributed by atoms with van der Waals surface area (Å²) in [6, 6.07) is 3.43. The molecule has 3 aromatic rings. The zero-order chi connectivity index (χ0) is 17.8. The van der Waals surface area contributed by atoms with Crippen LogP contribution in [-0.2, 0) is 0 Å². The fourth-order valence-corrected chi connectivity index (χ4v) is 2.07. The predicted octanol–water partition coefficient (Wildman–Crippen LogP) is 1.03. The first-order chi connectivity index (χ1) is 12.1. The third kappa shape index (κ3) is 3.52. The van der Waals surface area contributed by atoms with Crippen molar-refractivity contribution >= 4 is 11.6 Å². The molecule has 0 atom stereocenters. The number of anilines is 1. The third-order valence-electron chi connectivity index (χ3n) is 3.15. The summed E-state index contributed by atoms with van der Waals surface area (Å²) < 4.78 is 11.6. The number of amides is 1. The minimum atomic E-state index is -0.453. The average Bonchev–Trinajstić information content (AvgIpc) is 3.16. The van der Waals surface area contributed by atoms with Gasteiger partial charge in [-0.25, -0.2) is 19.6 Å². The zero-order valence-electron chi connectivity index (χ0n) is 13.8. The van der Waals surface area contributed by atoms with Gasteiger partial charge in [-0.05, 0) is 13.0 Å². The smallest absolute Gasteiger partial charge is 0.319 e. The van der Waals surface area contributed by atoms with Crippen LogP contribution in [0, 0.1) is 6.92 Å². The lowest BCUT2D eigenvalue weighted by Crippen LogP contribution is -2.17. The predicted molar refractivity (Wildman–Crippen MR) is 87.0 cm³/mol. The first kappa shape index (κ1) is 16.3. The molecule has 128 valence electrons. The number of ether oxygens (including phenoxy) is 2. The topological polar surface area (TPSA) is 117 Å². The van der Waals surface area contributed by atoms with Gasteiger partial charge in [0, 0.05) is 18.5 Å². The van der Waals surface area contributed by atoms with Crippen LogP contribution in [0.15, 0.2) is 30.7 Å². The Labute approximate surface area is 142 Å². The highest BCUT2D eigenvalue weighted by atomic mass is 16.5. The lowest BCUT2D eigenvalue weighted by Gasteiger charge is -2.10. The second kappa shape index (κ2) is 6.91. The molecule has 10 nitrogen and oxygen atoms in total. The quantitative estimate of drug-likeness (QED) is 0.731. The lowest BCUT2D eigenvalue weighted by molar-refractivity contribution is 0.102. The van der Waals surface area contributed by atoms with Crippen molar-refractivity contribution in [2.24, 2.45) is 0 Å². The van der Waals surface area contributed by atoms with Crippen molar-refractivity contribution in [3.63, 3.8) is 0 Å². The fraction of sp³-hybridized carbons (Fsp3) is 0.200. The van der Waals surface area contributed by atoms with Gasteiger partial charge in [0.25, 0.3) is 5.91 Å². The number of carbonyl (C=O) groups excluding carboxylic acids is 1. The number of nitrogens with zero attached hydrogens (tertiary/aromatic N) is 6. The lowest BCUT2D eigenvalue weighted by atomic mass is 10.3. The van der Waals surface area contributed by atoms with Crippen LogP contribution in [0.2, 0.25) is 0 Å². The molecular weight excluding hydrogens is 326 g/mol. The number of nitrogens with one attached hydrogen (secondary N) is 1. The van der Waals surface area contributed by atoms with E-state index >= 15 is 0 Å². The van der Waals surface area contributed by atoms with Crippen LogP contribution in [-0.4, -0.2) is 49.8 Å². The van der Waals surface area contributed by atoms with Gasteiger partial charge in [0.1, 0.15) is 17.2 Å². The summed E-state index contributed by atoms with van der Waals surface area (Å²) in [7, 11) is 2.87. The molecule has 0 bridgehead atoms. The van der Waals surface area contributed by atoms with Gasteiger partial charge in [-0.3, -0.25) is 4.79 Å². The summed E-state index contributed by atoms with van der Waals surface area (Å²) in [5.74, 6) is 0.654. The summed E-state index contributed by atoms with van der Waals surface area (Å²) in [5.41, 5.74) is 0.473. The Kier molecular flexibility index (Phi) is 4.50. The molecule has 3 aromatic heterocycles. The number of aryl methyl sites for hydroxylation is 1. The van der Waals surface area contributed by atoms with Crippen LogP contribution < -0.4 is 14.8 Å². The van der Waals surface area contributed by atoms with Gasteiger partial charge in [-0.15, -0.1) is 0 Å². The first-order valence-corrected chi connectivity index (χ1v) is 7.23. The molecule has 1 N–H and O–H groups in total. The number of hydrogen-bond acceptors (Lipinski definition) is 8. The van der Waals surface area contributed by atoms with E-state index in [4.69, 9.17) is 9.47 Å². The normalized spacial score (nSPS) is 10.4. The second-order valence-corrected chi connectivity index (χ2v) is 4.84. The molecule has 0 aliphatic heterocycles. The van der Waals surface area contributed by atoms with Crippen molar-refractivity contribution < 1.29 is 14.3 Å². The molecule has 1 amide bonds. The van der Waals surface area contributed by atoms with Crippen LogP contribution >= 0.6 is 0 Å². The summed E-state index contributed by atoms with van der Waals surface area (Å²) >= 11 is 0. The van der Waals surface area contributed by atoms with Gasteiger partial charge in [-0.1, -0.05) is 0 Å². The molecule has 0 radical (unpaired) electrons. The summed E-state index contributed by atoms with van der Waals surface area (Å²) in [5, 5.41) is 6.76. The number of hydrogen-bond donors (Lipinski definition) is 1. The third-order valence-corrected chi connectivity index (χ3v) is 3.15. The molecule has 0 aromatic carbocycles. The molecule has 0 aliphatic carbocycles. The van der Waals surface area contributed by atoms with Crippen LogP contribution in [0.3, 0.4) is 0 Å². The Morgan fingerprint density at radius 3 is 2.72 bits per heavy atom. The minimum Gasteiger partial charge on any atom is -0.479 e. The van der Waals surface area contributed by atoms with E-state index in [1.54, 1.807) is 30.1 Å². The number of carbonyl (C=O) groups is 1. The maximum atomic E-state index is 12.5. The maximum Gasteiger partial charge on any atom is 0.319 e. The van der Waals surface area contributed by atoms with Gasteiger partial charge in [0.05, 0.1) is 20.4 Å². The highest BCUT2D eigenvalue weighted by Crippen LogP contribution is 2.23. The molecule has 0 unspecified atom stereocenters. The van der Waals surface area contributed by atoms with Crippen LogP contribution in [0.1, 0.15) is 16.3 Å². The Hall–Kier alpha value is -3.56. The Morgan fingerprint density at radius 1 is 1.20 bits per heavy atom. The standard InChI is InChI=1S/C15H15N7O3/c1-9-18-10(7-12(19-9)22-6-4-5-17-22)13(23)20-11-8-16-15(25-3)21-14(11)24-2/h4-8H,1-3H3,(H,20,23). The number of aromatic nitrogens is 6. The molecule has 0 spiro atoms. The second-order valence-electron chi connectivity index (χ2n) is 4.84. The van der Waals surface area contributed by atoms with Gasteiger partial charge in [0.15, 0.2) is 5.82 Å². The van der Waals surface area contributed by atoms with Crippen molar-refractivity contribution in [3.8, 4) is 17.7 Å². The monoisotopic (exact) mass is 341 g/mol. The maximum absolute atomic E-state index is 12.5. The minimum absolute atomic E-state index is 0.133. The number of rotatable bonds is 5. The average molecular weight is 341 g/mol. The summed E-state index contributed by atoms with van der Waals surface area (Å²) in [4.78, 5) is 28.9. The molecule has 0 fully saturated rings. The molecule has 3 rings (SSSR count). The van der Waals surface area contributed by atoms with Gasteiger partial charge in [-0.2, -0.15) is 10.1 Å².